The number of hydrogen-bond donors (Lipinski definition) is 0. The van der Waals surface area contributed by atoms with Crippen LogP contribution in [0.4, 0.5) is 0 Å². The average Bonchev–Trinajstić information content (AvgIpc) is 3.62. The van der Waals surface area contributed by atoms with Gasteiger partial charge in [-0.15, -0.1) is 68.6 Å². The third-order valence-electron chi connectivity index (χ3n) is 7.85. The molecule has 0 unspecified atom stereocenters. The molecule has 0 nitrogen and oxygen atoms in total. The van der Waals surface area contributed by atoms with E-state index in [0.29, 0.717) is 5.92 Å². The van der Waals surface area contributed by atoms with Crippen LogP contribution in [0.25, 0.3) is 54.6 Å². The van der Waals surface area contributed by atoms with Crippen LogP contribution < -0.4 is 24.8 Å². The maximum absolute atomic E-state index is 2.36. The number of halogens is 2. The first-order valence-corrected chi connectivity index (χ1v) is 21.3. The Morgan fingerprint density at radius 3 is 1.89 bits per heavy atom. The molecule has 45 heavy (non-hydrogen) atoms. The maximum atomic E-state index is 2.36. The zero-order valence-corrected chi connectivity index (χ0v) is 31.9. The standard InChI is InChI=1S/C22H19.C17H15.C2H6Si.2ClH.Zr/c1-15(2)18-13-17-9-6-12-21(22(17)14-18)20-11-5-8-16-7-3-4-10-19(16)20;1-12-10-16-13(2)8-9-15(17(16)11-12)14-6-4-3-5-7-14;1-3-2;;;/h3-15H,1-2H3;3-11H,1-2H3;1-2H3;2*1H;/q2*-1;;;;+2/p-2. The minimum atomic E-state index is 0. The number of rotatable bonds is 3. The Labute approximate surface area is 296 Å². The second-order valence-electron chi connectivity index (χ2n) is 11.9. The summed E-state index contributed by atoms with van der Waals surface area (Å²) in [5.41, 5.74) is 9.61. The van der Waals surface area contributed by atoms with Gasteiger partial charge in [0.1, 0.15) is 0 Å². The summed E-state index contributed by atoms with van der Waals surface area (Å²) in [6.45, 7) is 13.5. The van der Waals surface area contributed by atoms with Crippen LogP contribution in [0.3, 0.4) is 0 Å². The molecule has 0 atom stereocenters. The van der Waals surface area contributed by atoms with Crippen molar-refractivity contribution in [3.63, 3.8) is 0 Å². The van der Waals surface area contributed by atoms with Crippen LogP contribution >= 0.6 is 0 Å². The van der Waals surface area contributed by atoms with Crippen molar-refractivity contribution in [3.8, 4) is 22.3 Å². The van der Waals surface area contributed by atoms with E-state index < -0.39 is 0 Å². The van der Waals surface area contributed by atoms with Gasteiger partial charge >= 0.3 is 41.9 Å². The first-order valence-electron chi connectivity index (χ1n) is 15.1. The van der Waals surface area contributed by atoms with Crippen molar-refractivity contribution in [1.29, 1.82) is 0 Å². The maximum Gasteiger partial charge on any atom is -0.0279 e. The van der Waals surface area contributed by atoms with Crippen molar-refractivity contribution < 1.29 is 48.1 Å². The van der Waals surface area contributed by atoms with Crippen molar-refractivity contribution in [2.45, 2.75) is 46.7 Å². The van der Waals surface area contributed by atoms with E-state index in [9.17, 15) is 0 Å². The van der Waals surface area contributed by atoms with E-state index >= 15 is 0 Å². The van der Waals surface area contributed by atoms with Crippen LogP contribution in [0.15, 0.2) is 127 Å². The summed E-state index contributed by atoms with van der Waals surface area (Å²) in [5.74, 6) is 0.563. The number of aryl methyl sites for hydroxylation is 2. The molecule has 228 valence electrons. The van der Waals surface area contributed by atoms with Gasteiger partial charge in [-0.25, -0.2) is 0 Å². The second kappa shape index (κ2) is 16.7. The molecule has 7 rings (SSSR count). The molecule has 7 aromatic rings. The van der Waals surface area contributed by atoms with E-state index in [-0.39, 0.29) is 30.2 Å². The van der Waals surface area contributed by atoms with Crippen LogP contribution in [0.5, 0.6) is 0 Å². The first-order chi connectivity index (χ1) is 20.7. The Balaban J connectivity index is 0.000000216. The Morgan fingerprint density at radius 1 is 0.600 bits per heavy atom. The molecule has 0 aromatic heterocycles. The molecular formula is C41H40Cl2SiZr-2. The largest absolute Gasteiger partial charge is 1.00 e. The summed E-state index contributed by atoms with van der Waals surface area (Å²) in [4.78, 5) is 0. The third kappa shape index (κ3) is 8.75. The predicted molar refractivity (Wildman–Crippen MR) is 189 cm³/mol. The van der Waals surface area contributed by atoms with Gasteiger partial charge in [0.15, 0.2) is 0 Å². The summed E-state index contributed by atoms with van der Waals surface area (Å²) in [6.07, 6.45) is 0. The van der Waals surface area contributed by atoms with Crippen molar-refractivity contribution in [2.75, 3.05) is 0 Å². The summed E-state index contributed by atoms with van der Waals surface area (Å²) >= 11 is 1.74. The fourth-order valence-corrected chi connectivity index (χ4v) is 5.75. The van der Waals surface area contributed by atoms with Crippen molar-refractivity contribution in [3.05, 3.63) is 144 Å². The van der Waals surface area contributed by atoms with Crippen LogP contribution in [-0.2, 0) is 23.3 Å². The molecule has 0 N–H and O–H groups in total. The fraction of sp³-hybridized carbons (Fsp3) is 0.171. The summed E-state index contributed by atoms with van der Waals surface area (Å²) < 4.78 is 0. The molecule has 0 amide bonds. The second-order valence-corrected chi connectivity index (χ2v) is 21.3. The van der Waals surface area contributed by atoms with Gasteiger partial charge in [0.25, 0.3) is 0 Å². The molecular weight excluding hydrogens is 683 g/mol. The molecule has 0 spiro atoms. The molecule has 0 bridgehead atoms. The summed E-state index contributed by atoms with van der Waals surface area (Å²) in [6, 6.07) is 46.1. The number of fused-ring (bicyclic) bond motifs is 3. The van der Waals surface area contributed by atoms with Crippen LogP contribution in [-0.4, -0.2) is 5.43 Å². The van der Waals surface area contributed by atoms with Crippen LogP contribution in [0.1, 0.15) is 36.5 Å². The quantitative estimate of drug-likeness (QED) is 0.152. The first kappa shape index (κ1) is 36.7. The third-order valence-corrected chi connectivity index (χ3v) is 7.85. The molecule has 0 fully saturated rings. The van der Waals surface area contributed by atoms with E-state index in [1.807, 2.05) is 0 Å². The van der Waals surface area contributed by atoms with E-state index in [1.54, 1.807) is 23.3 Å². The van der Waals surface area contributed by atoms with Crippen molar-refractivity contribution in [2.24, 2.45) is 0 Å². The molecule has 0 saturated heterocycles. The van der Waals surface area contributed by atoms with E-state index in [4.69, 9.17) is 0 Å². The topological polar surface area (TPSA) is 0 Å². The van der Waals surface area contributed by atoms with Crippen molar-refractivity contribution in [1.82, 2.24) is 0 Å². The van der Waals surface area contributed by atoms with E-state index in [1.165, 1.54) is 71.3 Å². The minimum absolute atomic E-state index is 0. The molecule has 4 heteroatoms. The number of hydrogen-bond acceptors (Lipinski definition) is 0. The molecule has 0 heterocycles. The molecule has 7 aromatic carbocycles. The Kier molecular flexibility index (Phi) is 13.6. The van der Waals surface area contributed by atoms with Gasteiger partial charge in [-0.3, -0.25) is 0 Å². The summed E-state index contributed by atoms with van der Waals surface area (Å²) in [7, 11) is 0. The van der Waals surface area contributed by atoms with Gasteiger partial charge in [0, 0.05) is 0 Å². The van der Waals surface area contributed by atoms with Gasteiger partial charge in [0.05, 0.1) is 0 Å². The Bertz CT molecular complexity index is 2010. The molecule has 0 aliphatic rings. The Hall–Kier alpha value is -2.74. The normalized spacial score (nSPS) is 10.4. The molecule has 0 radical (unpaired) electrons. The van der Waals surface area contributed by atoms with Gasteiger partial charge < -0.3 is 24.8 Å². The van der Waals surface area contributed by atoms with Gasteiger partial charge in [-0.2, -0.15) is 12.1 Å². The SMILES string of the molecule is CC(C)c1cc2c(-c3cccc4ccccc34)cccc2[cH-]1.C[Si](C)=[Zr+2].Cc1cc2c(-c3ccccc3)ccc(C)c2[cH-]1.[Cl-].[Cl-]. The smallest absolute Gasteiger partial charge is 0.0279 e. The van der Waals surface area contributed by atoms with Gasteiger partial charge in [-0.05, 0) is 27.8 Å². The van der Waals surface area contributed by atoms with Crippen molar-refractivity contribution >= 4 is 37.8 Å². The average molecular weight is 723 g/mol. The van der Waals surface area contributed by atoms with Crippen LogP contribution in [0.2, 0.25) is 13.1 Å². The summed E-state index contributed by atoms with van der Waals surface area (Å²) in [5, 5.41) is 8.08. The van der Waals surface area contributed by atoms with Gasteiger partial charge in [0.2, 0.25) is 0 Å². The van der Waals surface area contributed by atoms with E-state index in [0.717, 1.165) is 0 Å². The predicted octanol–water partition coefficient (Wildman–Crippen LogP) is 6.14. The molecule has 0 saturated carbocycles. The number of benzene rings is 5. The fourth-order valence-electron chi connectivity index (χ4n) is 5.75. The Morgan fingerprint density at radius 2 is 1.20 bits per heavy atom. The monoisotopic (exact) mass is 720 g/mol. The zero-order valence-electron chi connectivity index (χ0n) is 27.0. The molecule has 0 aliphatic carbocycles. The molecule has 0 aliphatic heterocycles. The van der Waals surface area contributed by atoms with Crippen LogP contribution in [0, 0.1) is 13.8 Å². The van der Waals surface area contributed by atoms with E-state index in [2.05, 4.69) is 168 Å². The van der Waals surface area contributed by atoms with Gasteiger partial charge in [-0.1, -0.05) is 124 Å². The minimum Gasteiger partial charge on any atom is -1.00 e. The zero-order chi connectivity index (χ0) is 30.5.